The molecule has 1 aliphatic heterocycles. The SMILES string of the molecule is CC(C)[C@@H]1CC[C@@H](C)C[C@H]1OC[C@H](O)CN1[C@H](C)CCC[C@H]1C. The Morgan fingerprint density at radius 3 is 2.30 bits per heavy atom. The standard InChI is InChI=1S/C20H39NO2/c1-14(2)19-10-9-15(3)11-20(19)23-13-18(22)12-21-16(4)7-6-8-17(21)5/h14-20,22H,6-13H2,1-5H3/t15-,16-,17-,18-,19+,20-/m1/s1. The average molecular weight is 326 g/mol. The Kier molecular flexibility index (Phi) is 7.37. The molecule has 136 valence electrons. The fourth-order valence-corrected chi connectivity index (χ4v) is 4.67. The van der Waals surface area contributed by atoms with Crippen LogP contribution in [0.1, 0.15) is 73.1 Å². The maximum absolute atomic E-state index is 10.5. The first-order valence-corrected chi connectivity index (χ1v) is 9.93. The number of rotatable bonds is 6. The maximum Gasteiger partial charge on any atom is 0.0900 e. The Labute approximate surface area is 143 Å². The van der Waals surface area contributed by atoms with Gasteiger partial charge in [0.25, 0.3) is 0 Å². The van der Waals surface area contributed by atoms with Crippen LogP contribution in [0.3, 0.4) is 0 Å². The normalized spacial score (nSPS) is 38.0. The van der Waals surface area contributed by atoms with Crippen LogP contribution in [0.5, 0.6) is 0 Å². The fourth-order valence-electron chi connectivity index (χ4n) is 4.67. The molecule has 23 heavy (non-hydrogen) atoms. The van der Waals surface area contributed by atoms with Crippen LogP contribution in [0.15, 0.2) is 0 Å². The molecule has 2 fully saturated rings. The first kappa shape index (κ1) is 19.2. The number of piperidine rings is 1. The van der Waals surface area contributed by atoms with E-state index in [-0.39, 0.29) is 6.10 Å². The van der Waals surface area contributed by atoms with Crippen LogP contribution >= 0.6 is 0 Å². The van der Waals surface area contributed by atoms with E-state index >= 15 is 0 Å². The van der Waals surface area contributed by atoms with Gasteiger partial charge in [0.15, 0.2) is 0 Å². The zero-order chi connectivity index (χ0) is 17.0. The average Bonchev–Trinajstić information content (AvgIpc) is 2.49. The summed E-state index contributed by atoms with van der Waals surface area (Å²) in [6.07, 6.45) is 7.58. The second-order valence-electron chi connectivity index (χ2n) is 8.68. The number of aliphatic hydroxyl groups is 1. The van der Waals surface area contributed by atoms with Crippen LogP contribution in [-0.4, -0.2) is 47.4 Å². The van der Waals surface area contributed by atoms with Gasteiger partial charge >= 0.3 is 0 Å². The maximum atomic E-state index is 10.5. The van der Waals surface area contributed by atoms with Gasteiger partial charge < -0.3 is 9.84 Å². The Morgan fingerprint density at radius 2 is 1.70 bits per heavy atom. The van der Waals surface area contributed by atoms with E-state index in [9.17, 15) is 5.11 Å². The molecule has 1 saturated heterocycles. The van der Waals surface area contributed by atoms with Crippen molar-refractivity contribution < 1.29 is 9.84 Å². The van der Waals surface area contributed by atoms with Crippen molar-refractivity contribution in [1.82, 2.24) is 4.90 Å². The zero-order valence-corrected chi connectivity index (χ0v) is 16.0. The summed E-state index contributed by atoms with van der Waals surface area (Å²) < 4.78 is 6.22. The number of β-amino-alcohol motifs (C(OH)–C–C–N with tert-alkyl or cyclic N) is 1. The lowest BCUT2D eigenvalue weighted by Crippen LogP contribution is -2.48. The van der Waals surface area contributed by atoms with Gasteiger partial charge in [-0.05, 0) is 57.3 Å². The molecular formula is C20H39NO2. The number of likely N-dealkylation sites (tertiary alicyclic amines) is 1. The molecule has 0 unspecified atom stereocenters. The van der Waals surface area contributed by atoms with E-state index in [1.807, 2.05) is 0 Å². The molecule has 1 heterocycles. The molecule has 0 aromatic carbocycles. The number of hydrogen-bond donors (Lipinski definition) is 1. The smallest absolute Gasteiger partial charge is 0.0900 e. The van der Waals surface area contributed by atoms with E-state index in [1.54, 1.807) is 0 Å². The third-order valence-electron chi connectivity index (χ3n) is 6.26. The Bertz CT molecular complexity index is 337. The minimum atomic E-state index is -0.358. The predicted molar refractivity (Wildman–Crippen MR) is 96.6 cm³/mol. The van der Waals surface area contributed by atoms with Crippen molar-refractivity contribution >= 4 is 0 Å². The lowest BCUT2D eigenvalue weighted by Gasteiger charge is -2.41. The van der Waals surface area contributed by atoms with E-state index in [4.69, 9.17) is 4.74 Å². The van der Waals surface area contributed by atoms with Crippen LogP contribution in [0.25, 0.3) is 0 Å². The highest BCUT2D eigenvalue weighted by molar-refractivity contribution is 4.83. The summed E-state index contributed by atoms with van der Waals surface area (Å²) in [4.78, 5) is 2.47. The predicted octanol–water partition coefficient (Wildman–Crippen LogP) is 4.09. The minimum Gasteiger partial charge on any atom is -0.389 e. The summed E-state index contributed by atoms with van der Waals surface area (Å²) in [5.41, 5.74) is 0. The zero-order valence-electron chi connectivity index (χ0n) is 16.0. The molecule has 0 aromatic heterocycles. The third kappa shape index (κ3) is 5.44. The third-order valence-corrected chi connectivity index (χ3v) is 6.26. The molecule has 0 spiro atoms. The van der Waals surface area contributed by atoms with Crippen LogP contribution in [-0.2, 0) is 4.74 Å². The van der Waals surface area contributed by atoms with Gasteiger partial charge in [-0.2, -0.15) is 0 Å². The van der Waals surface area contributed by atoms with E-state index in [0.717, 1.165) is 18.9 Å². The van der Waals surface area contributed by atoms with Gasteiger partial charge in [0.05, 0.1) is 18.8 Å². The second-order valence-corrected chi connectivity index (χ2v) is 8.68. The summed E-state index contributed by atoms with van der Waals surface area (Å²) in [5.74, 6) is 2.09. The van der Waals surface area contributed by atoms with Crippen molar-refractivity contribution in [2.45, 2.75) is 97.4 Å². The number of ether oxygens (including phenoxy) is 1. The molecule has 3 heteroatoms. The topological polar surface area (TPSA) is 32.7 Å². The van der Waals surface area contributed by atoms with Crippen LogP contribution in [0, 0.1) is 17.8 Å². The van der Waals surface area contributed by atoms with Gasteiger partial charge in [-0.3, -0.25) is 4.90 Å². The van der Waals surface area contributed by atoms with Crippen LogP contribution in [0.2, 0.25) is 0 Å². The highest BCUT2D eigenvalue weighted by atomic mass is 16.5. The van der Waals surface area contributed by atoms with Crippen LogP contribution < -0.4 is 0 Å². The summed E-state index contributed by atoms with van der Waals surface area (Å²) in [6, 6.07) is 1.18. The van der Waals surface area contributed by atoms with E-state index < -0.39 is 0 Å². The largest absolute Gasteiger partial charge is 0.389 e. The van der Waals surface area contributed by atoms with Gasteiger partial charge in [-0.15, -0.1) is 0 Å². The molecule has 0 aromatic rings. The summed E-state index contributed by atoms with van der Waals surface area (Å²) in [5, 5.41) is 10.5. The van der Waals surface area contributed by atoms with E-state index in [1.165, 1.54) is 32.1 Å². The molecule has 2 aliphatic rings. The molecule has 0 bridgehead atoms. The summed E-state index contributed by atoms with van der Waals surface area (Å²) in [7, 11) is 0. The minimum absolute atomic E-state index is 0.338. The molecule has 1 saturated carbocycles. The molecular weight excluding hydrogens is 286 g/mol. The Morgan fingerprint density at radius 1 is 1.04 bits per heavy atom. The van der Waals surface area contributed by atoms with Gasteiger partial charge in [0.1, 0.15) is 0 Å². The second kappa shape index (κ2) is 8.82. The molecule has 1 N–H and O–H groups in total. The molecule has 0 amide bonds. The molecule has 3 nitrogen and oxygen atoms in total. The number of hydrogen-bond acceptors (Lipinski definition) is 3. The van der Waals surface area contributed by atoms with Gasteiger partial charge in [0.2, 0.25) is 0 Å². The van der Waals surface area contributed by atoms with Gasteiger partial charge in [-0.25, -0.2) is 0 Å². The van der Waals surface area contributed by atoms with Crippen molar-refractivity contribution in [2.24, 2.45) is 17.8 Å². The van der Waals surface area contributed by atoms with Crippen molar-refractivity contribution in [2.75, 3.05) is 13.2 Å². The van der Waals surface area contributed by atoms with E-state index in [0.29, 0.717) is 36.6 Å². The van der Waals surface area contributed by atoms with Crippen molar-refractivity contribution in [3.63, 3.8) is 0 Å². The van der Waals surface area contributed by atoms with Gasteiger partial charge in [0, 0.05) is 18.6 Å². The number of aliphatic hydroxyl groups excluding tert-OH is 1. The molecule has 6 atom stereocenters. The first-order chi connectivity index (χ1) is 10.9. The Hall–Kier alpha value is -0.120. The molecule has 0 radical (unpaired) electrons. The highest BCUT2D eigenvalue weighted by Gasteiger charge is 2.32. The van der Waals surface area contributed by atoms with E-state index in [2.05, 4.69) is 39.5 Å². The number of nitrogens with zero attached hydrogens (tertiary/aromatic N) is 1. The lowest BCUT2D eigenvalue weighted by atomic mass is 9.75. The van der Waals surface area contributed by atoms with Crippen molar-refractivity contribution in [3.05, 3.63) is 0 Å². The van der Waals surface area contributed by atoms with Crippen molar-refractivity contribution in [3.8, 4) is 0 Å². The quantitative estimate of drug-likeness (QED) is 0.798. The first-order valence-electron chi connectivity index (χ1n) is 9.93. The Balaban J connectivity index is 1.81. The highest BCUT2D eigenvalue weighted by Crippen LogP contribution is 2.35. The summed E-state index contributed by atoms with van der Waals surface area (Å²) in [6.45, 7) is 12.8. The van der Waals surface area contributed by atoms with Gasteiger partial charge in [-0.1, -0.05) is 33.6 Å². The molecule has 2 rings (SSSR count). The summed E-state index contributed by atoms with van der Waals surface area (Å²) >= 11 is 0. The lowest BCUT2D eigenvalue weighted by molar-refractivity contribution is -0.0793. The fraction of sp³-hybridized carbons (Fsp3) is 1.00. The molecule has 1 aliphatic carbocycles. The monoisotopic (exact) mass is 325 g/mol. The van der Waals surface area contributed by atoms with Crippen molar-refractivity contribution in [1.29, 1.82) is 0 Å². The van der Waals surface area contributed by atoms with Crippen LogP contribution in [0.4, 0.5) is 0 Å².